The van der Waals surface area contributed by atoms with Crippen molar-refractivity contribution in [3.05, 3.63) is 40.7 Å². The Labute approximate surface area is 134 Å². The quantitative estimate of drug-likeness (QED) is 0.517. The highest BCUT2D eigenvalue weighted by Gasteiger charge is 2.23. The van der Waals surface area contributed by atoms with Crippen LogP contribution in [0.5, 0.6) is 5.75 Å². The van der Waals surface area contributed by atoms with Crippen molar-refractivity contribution in [2.45, 2.75) is 10.2 Å². The third-order valence-electron chi connectivity index (χ3n) is 2.97. The Morgan fingerprint density at radius 1 is 1.30 bits per heavy atom. The molecule has 1 aromatic carbocycles. The highest BCUT2D eigenvalue weighted by molar-refractivity contribution is 7.99. The van der Waals surface area contributed by atoms with Crippen molar-refractivity contribution >= 4 is 17.6 Å². The molecule has 2 aromatic heterocycles. The Bertz CT molecular complexity index is 842. The molecule has 3 rings (SSSR count). The molecular formula is C13H11N5O4S. The third-order valence-corrected chi connectivity index (χ3v) is 3.97. The number of methoxy groups -OCH3 is 1. The van der Waals surface area contributed by atoms with Gasteiger partial charge in [-0.3, -0.25) is 0 Å². The normalized spacial score (nSPS) is 10.7. The number of imidazole rings is 1. The summed E-state index contributed by atoms with van der Waals surface area (Å²) in [7, 11) is 3.24. The summed E-state index contributed by atoms with van der Waals surface area (Å²) >= 11 is 0.993. The second-order valence-corrected chi connectivity index (χ2v) is 5.39. The summed E-state index contributed by atoms with van der Waals surface area (Å²) in [5.74, 6) is 0.787. The molecule has 0 fully saturated rings. The van der Waals surface area contributed by atoms with Crippen LogP contribution in [0, 0.1) is 10.1 Å². The molecule has 0 saturated carbocycles. The highest BCUT2D eigenvalue weighted by atomic mass is 32.2. The van der Waals surface area contributed by atoms with Crippen LogP contribution in [0.4, 0.5) is 5.82 Å². The standard InChI is InChI=1S/C13H11N5O4S/c1-17-7-14-10(18(19)20)12(17)23-13-16-15-11(22-13)8-3-5-9(21-2)6-4-8/h3-7H,1-2H3. The monoisotopic (exact) mass is 333 g/mol. The lowest BCUT2D eigenvalue weighted by atomic mass is 10.2. The lowest BCUT2D eigenvalue weighted by molar-refractivity contribution is -0.392. The molecule has 0 spiro atoms. The molecule has 0 bridgehead atoms. The predicted octanol–water partition coefficient (Wildman–Crippen LogP) is 2.54. The second kappa shape index (κ2) is 6.08. The summed E-state index contributed by atoms with van der Waals surface area (Å²) in [5, 5.41) is 19.3. The van der Waals surface area contributed by atoms with Gasteiger partial charge in [-0.15, -0.1) is 10.2 Å². The summed E-state index contributed by atoms with van der Waals surface area (Å²) in [5.41, 5.74) is 0.727. The summed E-state index contributed by atoms with van der Waals surface area (Å²) in [6.45, 7) is 0. The first-order valence-electron chi connectivity index (χ1n) is 6.40. The molecular weight excluding hydrogens is 322 g/mol. The van der Waals surface area contributed by atoms with E-state index in [1.54, 1.807) is 38.4 Å². The van der Waals surface area contributed by atoms with Gasteiger partial charge in [0.1, 0.15) is 5.75 Å². The van der Waals surface area contributed by atoms with Gasteiger partial charge in [-0.05, 0) is 45.9 Å². The minimum Gasteiger partial charge on any atom is -0.497 e. The van der Waals surface area contributed by atoms with Gasteiger partial charge in [0.2, 0.25) is 12.2 Å². The van der Waals surface area contributed by atoms with Crippen molar-refractivity contribution in [3.63, 3.8) is 0 Å². The van der Waals surface area contributed by atoms with Crippen LogP contribution in [0.1, 0.15) is 0 Å². The van der Waals surface area contributed by atoms with E-state index in [0.29, 0.717) is 16.7 Å². The van der Waals surface area contributed by atoms with E-state index in [0.717, 1.165) is 17.3 Å². The Balaban J connectivity index is 1.85. The van der Waals surface area contributed by atoms with Crippen molar-refractivity contribution in [2.24, 2.45) is 7.05 Å². The molecule has 2 heterocycles. The lowest BCUT2D eigenvalue weighted by Crippen LogP contribution is -1.93. The molecule has 0 N–H and O–H groups in total. The number of ether oxygens (including phenoxy) is 1. The van der Waals surface area contributed by atoms with E-state index in [1.165, 1.54) is 10.9 Å². The molecule has 0 atom stereocenters. The number of benzene rings is 1. The van der Waals surface area contributed by atoms with Gasteiger partial charge in [0, 0.05) is 12.6 Å². The summed E-state index contributed by atoms with van der Waals surface area (Å²) in [6, 6.07) is 7.12. The van der Waals surface area contributed by atoms with Crippen LogP contribution in [0.15, 0.2) is 45.3 Å². The minimum absolute atomic E-state index is 0.197. The zero-order valence-electron chi connectivity index (χ0n) is 12.2. The first-order chi connectivity index (χ1) is 11.1. The number of rotatable bonds is 5. The molecule has 0 aliphatic rings. The number of nitro groups is 1. The van der Waals surface area contributed by atoms with Crippen molar-refractivity contribution in [1.29, 1.82) is 0 Å². The SMILES string of the molecule is COc1ccc(-c2nnc(Sc3c([N+](=O)[O-])ncn3C)o2)cc1. The number of hydrogen-bond donors (Lipinski definition) is 0. The maximum Gasteiger partial charge on any atom is 0.396 e. The Kier molecular flexibility index (Phi) is 3.98. The van der Waals surface area contributed by atoms with Crippen LogP contribution < -0.4 is 4.74 Å². The van der Waals surface area contributed by atoms with E-state index in [9.17, 15) is 10.1 Å². The first kappa shape index (κ1) is 15.0. The zero-order valence-corrected chi connectivity index (χ0v) is 13.0. The predicted molar refractivity (Wildman–Crippen MR) is 80.3 cm³/mol. The van der Waals surface area contributed by atoms with E-state index < -0.39 is 4.92 Å². The highest BCUT2D eigenvalue weighted by Crippen LogP contribution is 2.34. The fourth-order valence-corrected chi connectivity index (χ4v) is 2.61. The van der Waals surface area contributed by atoms with Crippen molar-refractivity contribution < 1.29 is 14.1 Å². The maximum absolute atomic E-state index is 11.0. The molecule has 0 saturated heterocycles. The van der Waals surface area contributed by atoms with Crippen molar-refractivity contribution in [2.75, 3.05) is 7.11 Å². The molecule has 0 aliphatic heterocycles. The van der Waals surface area contributed by atoms with Crippen LogP contribution in [0.25, 0.3) is 11.5 Å². The molecule has 0 radical (unpaired) electrons. The Hall–Kier alpha value is -2.88. The van der Waals surface area contributed by atoms with Crippen molar-refractivity contribution in [3.8, 4) is 17.2 Å². The van der Waals surface area contributed by atoms with Gasteiger partial charge in [0.15, 0.2) is 5.03 Å². The number of nitrogens with zero attached hydrogens (tertiary/aromatic N) is 5. The molecule has 0 amide bonds. The largest absolute Gasteiger partial charge is 0.497 e. The number of aryl methyl sites for hydroxylation is 1. The Morgan fingerprint density at radius 2 is 2.04 bits per heavy atom. The summed E-state index contributed by atoms with van der Waals surface area (Å²) in [4.78, 5) is 14.1. The molecule has 0 aliphatic carbocycles. The van der Waals surface area contributed by atoms with E-state index in [-0.39, 0.29) is 11.0 Å². The van der Waals surface area contributed by atoms with Crippen LogP contribution >= 0.6 is 11.8 Å². The number of hydrogen-bond acceptors (Lipinski definition) is 8. The molecule has 3 aromatic rings. The van der Waals surface area contributed by atoms with Crippen LogP contribution in [-0.4, -0.2) is 31.8 Å². The van der Waals surface area contributed by atoms with Gasteiger partial charge < -0.3 is 23.8 Å². The van der Waals surface area contributed by atoms with E-state index in [1.807, 2.05) is 0 Å². The maximum atomic E-state index is 11.0. The molecule has 10 heteroatoms. The van der Waals surface area contributed by atoms with Gasteiger partial charge in [-0.1, -0.05) is 0 Å². The fraction of sp³-hybridized carbons (Fsp3) is 0.154. The van der Waals surface area contributed by atoms with Crippen LogP contribution in [0.2, 0.25) is 0 Å². The van der Waals surface area contributed by atoms with Gasteiger partial charge >= 0.3 is 5.82 Å². The molecule has 0 unspecified atom stereocenters. The van der Waals surface area contributed by atoms with Gasteiger partial charge in [-0.25, -0.2) is 0 Å². The Morgan fingerprint density at radius 3 is 2.70 bits per heavy atom. The average molecular weight is 333 g/mol. The van der Waals surface area contributed by atoms with Crippen LogP contribution in [0.3, 0.4) is 0 Å². The van der Waals surface area contributed by atoms with Crippen LogP contribution in [-0.2, 0) is 7.05 Å². The lowest BCUT2D eigenvalue weighted by Gasteiger charge is -1.99. The first-order valence-corrected chi connectivity index (χ1v) is 7.21. The fourth-order valence-electron chi connectivity index (χ4n) is 1.83. The smallest absolute Gasteiger partial charge is 0.396 e. The molecule has 23 heavy (non-hydrogen) atoms. The zero-order chi connectivity index (χ0) is 16.4. The summed E-state index contributed by atoms with van der Waals surface area (Å²) in [6.07, 6.45) is 1.36. The third kappa shape index (κ3) is 3.01. The number of aromatic nitrogens is 4. The molecule has 9 nitrogen and oxygen atoms in total. The second-order valence-electron chi connectivity index (χ2n) is 4.45. The van der Waals surface area contributed by atoms with Crippen molar-refractivity contribution in [1.82, 2.24) is 19.7 Å². The van der Waals surface area contributed by atoms with Gasteiger partial charge in [0.25, 0.3) is 5.22 Å². The molecule has 118 valence electrons. The van der Waals surface area contributed by atoms with E-state index in [4.69, 9.17) is 9.15 Å². The topological polar surface area (TPSA) is 109 Å². The summed E-state index contributed by atoms with van der Waals surface area (Å²) < 4.78 is 12.2. The van der Waals surface area contributed by atoms with Gasteiger partial charge in [0.05, 0.1) is 7.11 Å². The minimum atomic E-state index is -0.552. The van der Waals surface area contributed by atoms with Gasteiger partial charge in [-0.2, -0.15) is 0 Å². The van der Waals surface area contributed by atoms with E-state index >= 15 is 0 Å². The van der Waals surface area contributed by atoms with E-state index in [2.05, 4.69) is 15.2 Å². The average Bonchev–Trinajstić information content (AvgIpc) is 3.16.